The monoisotopic (exact) mass is 543 g/mol. The summed E-state index contributed by atoms with van der Waals surface area (Å²) < 4.78 is 19.3. The van der Waals surface area contributed by atoms with Crippen LogP contribution in [0.25, 0.3) is 11.3 Å². The van der Waals surface area contributed by atoms with Crippen LogP contribution in [0, 0.1) is 23.2 Å². The lowest BCUT2D eigenvalue weighted by Gasteiger charge is -2.60. The molecule has 0 amide bonds. The summed E-state index contributed by atoms with van der Waals surface area (Å²) in [5, 5.41) is 20.2. The van der Waals surface area contributed by atoms with Crippen LogP contribution in [0.15, 0.2) is 39.8 Å². The maximum atomic E-state index is 14.3. The van der Waals surface area contributed by atoms with E-state index in [1.54, 1.807) is 30.6 Å². The van der Waals surface area contributed by atoms with Crippen molar-refractivity contribution in [3.8, 4) is 17.1 Å². The van der Waals surface area contributed by atoms with Crippen LogP contribution in [0.2, 0.25) is 18.1 Å². The molecular weight excluding hydrogens is 502 g/mol. The van der Waals surface area contributed by atoms with E-state index in [4.69, 9.17) is 13.6 Å². The molecular formula is C29H41NO7Si. The molecule has 2 aromatic heterocycles. The number of rotatable bonds is 6. The molecule has 2 N–H and O–H groups in total. The predicted octanol–water partition coefficient (Wildman–Crippen LogP) is 4.69. The topological polar surface area (TPSA) is 119 Å². The van der Waals surface area contributed by atoms with Crippen molar-refractivity contribution in [3.05, 3.63) is 46.6 Å². The van der Waals surface area contributed by atoms with E-state index in [-0.39, 0.29) is 47.0 Å². The normalized spacial score (nSPS) is 27.0. The minimum absolute atomic E-state index is 0.0974. The number of aliphatic hydroxyl groups is 2. The van der Waals surface area contributed by atoms with Crippen molar-refractivity contribution in [2.75, 3.05) is 13.2 Å². The molecule has 3 heterocycles. The van der Waals surface area contributed by atoms with Gasteiger partial charge in [0.15, 0.2) is 14.1 Å². The van der Waals surface area contributed by atoms with Crippen molar-refractivity contribution in [2.24, 2.45) is 23.2 Å². The molecule has 38 heavy (non-hydrogen) atoms. The lowest BCUT2D eigenvalue weighted by atomic mass is 9.51. The first-order chi connectivity index (χ1) is 17.6. The lowest BCUT2D eigenvalue weighted by molar-refractivity contribution is -0.168. The Morgan fingerprint density at radius 3 is 2.39 bits per heavy atom. The van der Waals surface area contributed by atoms with Crippen LogP contribution in [0.4, 0.5) is 0 Å². The van der Waals surface area contributed by atoms with E-state index in [0.717, 1.165) is 0 Å². The van der Waals surface area contributed by atoms with Crippen molar-refractivity contribution in [1.82, 2.24) is 4.98 Å². The van der Waals surface area contributed by atoms with Crippen LogP contribution in [0.3, 0.4) is 0 Å². The van der Waals surface area contributed by atoms with Gasteiger partial charge >= 0.3 is 5.63 Å². The van der Waals surface area contributed by atoms with Crippen molar-refractivity contribution in [2.45, 2.75) is 77.8 Å². The van der Waals surface area contributed by atoms with Crippen LogP contribution >= 0.6 is 0 Å². The van der Waals surface area contributed by atoms with Gasteiger partial charge < -0.3 is 23.8 Å². The van der Waals surface area contributed by atoms with Gasteiger partial charge in [0, 0.05) is 43.2 Å². The number of pyridine rings is 1. The molecule has 2 aliphatic rings. The minimum Gasteiger partial charge on any atom is -0.483 e. The van der Waals surface area contributed by atoms with Gasteiger partial charge in [0.1, 0.15) is 22.7 Å². The van der Waals surface area contributed by atoms with Crippen molar-refractivity contribution < 1.29 is 28.6 Å². The molecule has 0 spiro atoms. The highest BCUT2D eigenvalue weighted by molar-refractivity contribution is 6.74. The van der Waals surface area contributed by atoms with E-state index in [1.165, 1.54) is 0 Å². The average Bonchev–Trinajstić information content (AvgIpc) is 2.81. The molecule has 1 fully saturated rings. The summed E-state index contributed by atoms with van der Waals surface area (Å²) in [6, 6.07) is 5.11. The Balaban J connectivity index is 1.90. The first-order valence-corrected chi connectivity index (χ1v) is 16.2. The largest absolute Gasteiger partial charge is 0.483 e. The number of ketones is 1. The average molecular weight is 544 g/mol. The van der Waals surface area contributed by atoms with E-state index in [9.17, 15) is 19.8 Å². The number of hydrogen-bond acceptors (Lipinski definition) is 8. The number of fused-ring (bicyclic) bond motifs is 2. The zero-order valence-electron chi connectivity index (χ0n) is 23.7. The van der Waals surface area contributed by atoms with Crippen LogP contribution in [0.5, 0.6) is 5.75 Å². The van der Waals surface area contributed by atoms with E-state index >= 15 is 0 Å². The maximum Gasteiger partial charge on any atom is 0.351 e. The van der Waals surface area contributed by atoms with E-state index in [0.29, 0.717) is 12.0 Å². The molecule has 2 aromatic rings. The number of aromatic nitrogens is 1. The third-order valence-corrected chi connectivity index (χ3v) is 13.8. The van der Waals surface area contributed by atoms with Crippen molar-refractivity contribution in [1.29, 1.82) is 0 Å². The first kappa shape index (κ1) is 28.7. The second kappa shape index (κ2) is 9.69. The van der Waals surface area contributed by atoms with Gasteiger partial charge in [-0.2, -0.15) is 0 Å². The number of carbonyl (C=O) groups excluding carboxylic acids is 1. The fourth-order valence-corrected chi connectivity index (χ4v) is 7.64. The van der Waals surface area contributed by atoms with Crippen LogP contribution in [-0.4, -0.2) is 54.2 Å². The standard InChI is InChI=1S/C29H41NO7Si/c1-27(2,3)38(7,8)37-22-12-19(18(15-31)16-32)28(4,5)25-24(33)23-21(36-29(22,25)6)13-20(35-26(23)34)17-10-9-11-30-14-17/h9-11,13-14,18-19,22,25,31-32H,12,15-16H2,1-8H3/t19-,22-,25+,29+/m0/s1. The second-order valence-corrected chi connectivity index (χ2v) is 17.9. The molecule has 1 aliphatic carbocycles. The lowest BCUT2D eigenvalue weighted by Crippen LogP contribution is -2.69. The summed E-state index contributed by atoms with van der Waals surface area (Å²) in [5.41, 5.74) is -2.07. The summed E-state index contributed by atoms with van der Waals surface area (Å²) in [6.45, 7) is 16.2. The smallest absolute Gasteiger partial charge is 0.351 e. The molecule has 1 aliphatic heterocycles. The second-order valence-electron chi connectivity index (χ2n) is 13.1. The van der Waals surface area contributed by atoms with E-state index in [2.05, 4.69) is 38.8 Å². The van der Waals surface area contributed by atoms with Gasteiger partial charge in [-0.05, 0) is 54.9 Å². The molecule has 0 unspecified atom stereocenters. The predicted molar refractivity (Wildman–Crippen MR) is 147 cm³/mol. The molecule has 0 aromatic carbocycles. The third-order valence-electron chi connectivity index (χ3n) is 9.36. The number of Topliss-reactive ketones (excluding diaryl/α,β-unsaturated/α-hetero) is 1. The molecule has 4 atom stereocenters. The third kappa shape index (κ3) is 4.57. The Kier molecular flexibility index (Phi) is 7.31. The van der Waals surface area contributed by atoms with Gasteiger partial charge in [0.2, 0.25) is 0 Å². The molecule has 9 heteroatoms. The van der Waals surface area contributed by atoms with Gasteiger partial charge in [0.05, 0.1) is 12.0 Å². The van der Waals surface area contributed by atoms with Crippen molar-refractivity contribution >= 4 is 14.1 Å². The number of ether oxygens (including phenoxy) is 1. The first-order valence-electron chi connectivity index (χ1n) is 13.3. The highest BCUT2D eigenvalue weighted by atomic mass is 28.4. The van der Waals surface area contributed by atoms with Crippen LogP contribution < -0.4 is 10.4 Å². The molecule has 8 nitrogen and oxygen atoms in total. The zero-order chi connectivity index (χ0) is 28.3. The van der Waals surface area contributed by atoms with Gasteiger partial charge in [-0.25, -0.2) is 4.79 Å². The highest BCUT2D eigenvalue weighted by Gasteiger charge is 2.65. The summed E-state index contributed by atoms with van der Waals surface area (Å²) in [4.78, 5) is 31.6. The van der Waals surface area contributed by atoms with Gasteiger partial charge in [0.25, 0.3) is 0 Å². The Hall–Kier alpha value is -2.33. The Bertz CT molecular complexity index is 1250. The quantitative estimate of drug-likeness (QED) is 0.504. The molecule has 0 bridgehead atoms. The number of carbonyl (C=O) groups is 1. The molecule has 208 valence electrons. The fourth-order valence-electron chi connectivity index (χ4n) is 6.25. The molecule has 0 radical (unpaired) electrons. The SMILES string of the molecule is CC1(C)[C@H]2C(=O)c3c(cc(-c4cccnc4)oc3=O)O[C@]2(C)[C@@H](O[Si](C)(C)C(C)(C)C)C[C@H]1C(CO)CO. The van der Waals surface area contributed by atoms with Gasteiger partial charge in [-0.1, -0.05) is 34.6 Å². The molecule has 0 saturated heterocycles. The summed E-state index contributed by atoms with van der Waals surface area (Å²) in [7, 11) is -2.34. The Morgan fingerprint density at radius 1 is 1.18 bits per heavy atom. The molecule has 4 rings (SSSR count). The summed E-state index contributed by atoms with van der Waals surface area (Å²) >= 11 is 0. The molecule has 1 saturated carbocycles. The number of aliphatic hydroxyl groups excluding tert-OH is 2. The van der Waals surface area contributed by atoms with E-state index in [1.807, 2.05) is 20.8 Å². The van der Waals surface area contributed by atoms with Gasteiger partial charge in [-0.15, -0.1) is 0 Å². The fraction of sp³-hybridized carbons (Fsp3) is 0.621. The summed E-state index contributed by atoms with van der Waals surface area (Å²) in [6.07, 6.45) is 3.21. The Morgan fingerprint density at radius 2 is 1.84 bits per heavy atom. The van der Waals surface area contributed by atoms with E-state index < -0.39 is 42.9 Å². The minimum atomic E-state index is -2.34. The van der Waals surface area contributed by atoms with Gasteiger partial charge in [-0.3, -0.25) is 9.78 Å². The number of nitrogens with zero attached hydrogens (tertiary/aromatic N) is 1. The summed E-state index contributed by atoms with van der Waals surface area (Å²) in [5.74, 6) is -1.35. The van der Waals surface area contributed by atoms with Crippen molar-refractivity contribution in [3.63, 3.8) is 0 Å². The Labute approximate surface area is 225 Å². The van der Waals surface area contributed by atoms with Crippen LogP contribution in [-0.2, 0) is 4.43 Å². The maximum absolute atomic E-state index is 14.3. The highest BCUT2D eigenvalue weighted by Crippen LogP contribution is 2.58. The number of hydrogen-bond donors (Lipinski definition) is 2. The zero-order valence-corrected chi connectivity index (χ0v) is 24.7. The van der Waals surface area contributed by atoms with Crippen LogP contribution in [0.1, 0.15) is 58.3 Å².